The third-order valence-electron chi connectivity index (χ3n) is 2.74. The summed E-state index contributed by atoms with van der Waals surface area (Å²) in [5.41, 5.74) is 1.40. The van der Waals surface area contributed by atoms with Crippen molar-refractivity contribution in [3.05, 3.63) is 23.4 Å². The first-order valence-corrected chi connectivity index (χ1v) is 5.50. The van der Waals surface area contributed by atoms with Crippen LogP contribution in [0.1, 0.15) is 24.1 Å². The maximum atomic E-state index is 9.69. The molecule has 0 amide bonds. The molecule has 1 aliphatic carbocycles. The summed E-state index contributed by atoms with van der Waals surface area (Å²) in [6.07, 6.45) is 1.94. The van der Waals surface area contributed by atoms with Crippen molar-refractivity contribution in [1.29, 1.82) is 5.26 Å². The third kappa shape index (κ3) is 2.71. The first-order valence-electron chi connectivity index (χ1n) is 5.50. The van der Waals surface area contributed by atoms with Gasteiger partial charge in [-0.2, -0.15) is 5.26 Å². The second-order valence-corrected chi connectivity index (χ2v) is 4.28. The lowest BCUT2D eigenvalue weighted by Crippen LogP contribution is -2.21. The summed E-state index contributed by atoms with van der Waals surface area (Å²) in [6, 6.07) is 5.53. The first-order chi connectivity index (χ1) is 7.69. The van der Waals surface area contributed by atoms with Gasteiger partial charge >= 0.3 is 0 Å². The fraction of sp³-hybridized carbons (Fsp3) is 0.500. The Bertz CT molecular complexity index is 421. The van der Waals surface area contributed by atoms with E-state index in [1.807, 2.05) is 6.92 Å². The number of rotatable bonds is 4. The van der Waals surface area contributed by atoms with Crippen LogP contribution in [0.3, 0.4) is 0 Å². The van der Waals surface area contributed by atoms with Crippen molar-refractivity contribution < 1.29 is 5.11 Å². The molecule has 1 atom stereocenters. The van der Waals surface area contributed by atoms with Crippen LogP contribution in [0.4, 0.5) is 5.82 Å². The Kier molecular flexibility index (Phi) is 3.07. The van der Waals surface area contributed by atoms with Gasteiger partial charge in [-0.15, -0.1) is 0 Å². The molecule has 1 fully saturated rings. The van der Waals surface area contributed by atoms with Crippen LogP contribution in [0.25, 0.3) is 0 Å². The summed E-state index contributed by atoms with van der Waals surface area (Å²) < 4.78 is 0. The predicted octanol–water partition coefficient (Wildman–Crippen LogP) is 1.44. The van der Waals surface area contributed by atoms with Crippen molar-refractivity contribution in [3.63, 3.8) is 0 Å². The van der Waals surface area contributed by atoms with Gasteiger partial charge in [0.2, 0.25) is 0 Å². The molecule has 4 heteroatoms. The van der Waals surface area contributed by atoms with Crippen LogP contribution in [0.15, 0.2) is 12.1 Å². The van der Waals surface area contributed by atoms with Crippen molar-refractivity contribution in [3.8, 4) is 6.07 Å². The summed E-state index contributed by atoms with van der Waals surface area (Å²) in [5, 5.41) is 21.6. The minimum atomic E-state index is -0.298. The minimum Gasteiger partial charge on any atom is -0.391 e. The molecule has 0 saturated heterocycles. The van der Waals surface area contributed by atoms with Gasteiger partial charge in [0, 0.05) is 12.2 Å². The van der Waals surface area contributed by atoms with Crippen LogP contribution in [-0.4, -0.2) is 22.7 Å². The molecular formula is C12H15N3O. The molecule has 1 unspecified atom stereocenters. The van der Waals surface area contributed by atoms with Gasteiger partial charge in [0.1, 0.15) is 5.82 Å². The zero-order valence-electron chi connectivity index (χ0n) is 9.27. The van der Waals surface area contributed by atoms with Gasteiger partial charge in [0.25, 0.3) is 0 Å². The fourth-order valence-electron chi connectivity index (χ4n) is 1.68. The van der Waals surface area contributed by atoms with Gasteiger partial charge < -0.3 is 10.4 Å². The van der Waals surface area contributed by atoms with Gasteiger partial charge in [-0.05, 0) is 37.8 Å². The van der Waals surface area contributed by atoms with E-state index in [2.05, 4.69) is 16.4 Å². The van der Waals surface area contributed by atoms with Crippen molar-refractivity contribution >= 4 is 5.82 Å². The maximum Gasteiger partial charge on any atom is 0.127 e. The molecule has 2 rings (SSSR count). The van der Waals surface area contributed by atoms with Gasteiger partial charge in [-0.3, -0.25) is 0 Å². The van der Waals surface area contributed by atoms with Crippen molar-refractivity contribution in [1.82, 2.24) is 4.98 Å². The standard InChI is InChI=1S/C12H15N3O/c1-8-4-9(6-13)5-12(15-8)14-7-11(16)10-2-3-10/h4-5,10-11,16H,2-3,7H2,1H3,(H,14,15). The molecule has 1 heterocycles. The molecule has 0 radical (unpaired) electrons. The molecule has 1 aromatic heterocycles. The van der Waals surface area contributed by atoms with Crippen molar-refractivity contribution in [2.75, 3.05) is 11.9 Å². The fourth-order valence-corrected chi connectivity index (χ4v) is 1.68. The Morgan fingerprint density at radius 2 is 2.38 bits per heavy atom. The van der Waals surface area contributed by atoms with Gasteiger partial charge in [0.05, 0.1) is 17.7 Å². The summed E-state index contributed by atoms with van der Waals surface area (Å²) in [6.45, 7) is 2.36. The predicted molar refractivity (Wildman–Crippen MR) is 60.9 cm³/mol. The molecule has 0 aromatic carbocycles. The van der Waals surface area contributed by atoms with Gasteiger partial charge in [-0.25, -0.2) is 4.98 Å². The van der Waals surface area contributed by atoms with E-state index in [0.29, 0.717) is 23.8 Å². The summed E-state index contributed by atoms with van der Waals surface area (Å²) in [7, 11) is 0. The number of anilines is 1. The molecule has 0 bridgehead atoms. The third-order valence-corrected chi connectivity index (χ3v) is 2.74. The highest BCUT2D eigenvalue weighted by Crippen LogP contribution is 2.32. The second kappa shape index (κ2) is 4.50. The Balaban J connectivity index is 1.98. The molecule has 1 aromatic rings. The molecule has 1 aliphatic rings. The number of nitrogens with one attached hydrogen (secondary N) is 1. The summed E-state index contributed by atoms with van der Waals surface area (Å²) in [4.78, 5) is 4.26. The Morgan fingerprint density at radius 1 is 1.62 bits per heavy atom. The number of aliphatic hydroxyl groups excluding tert-OH is 1. The van der Waals surface area contributed by atoms with E-state index in [1.54, 1.807) is 12.1 Å². The molecule has 1 saturated carbocycles. The van der Waals surface area contributed by atoms with E-state index < -0.39 is 0 Å². The van der Waals surface area contributed by atoms with Gasteiger partial charge in [-0.1, -0.05) is 0 Å². The normalized spacial score (nSPS) is 16.6. The zero-order chi connectivity index (χ0) is 11.5. The maximum absolute atomic E-state index is 9.69. The largest absolute Gasteiger partial charge is 0.391 e. The van der Waals surface area contributed by atoms with Crippen LogP contribution in [0.5, 0.6) is 0 Å². The lowest BCUT2D eigenvalue weighted by molar-refractivity contribution is 0.164. The smallest absolute Gasteiger partial charge is 0.127 e. The highest BCUT2D eigenvalue weighted by Gasteiger charge is 2.29. The van der Waals surface area contributed by atoms with Crippen LogP contribution < -0.4 is 5.32 Å². The zero-order valence-corrected chi connectivity index (χ0v) is 9.27. The molecule has 2 N–H and O–H groups in total. The monoisotopic (exact) mass is 217 g/mol. The average Bonchev–Trinajstić information content (AvgIpc) is 3.08. The van der Waals surface area contributed by atoms with Crippen LogP contribution in [0.2, 0.25) is 0 Å². The molecule has 4 nitrogen and oxygen atoms in total. The molecular weight excluding hydrogens is 202 g/mol. The van der Waals surface area contributed by atoms with E-state index in [0.717, 1.165) is 18.5 Å². The summed E-state index contributed by atoms with van der Waals surface area (Å²) >= 11 is 0. The SMILES string of the molecule is Cc1cc(C#N)cc(NCC(O)C2CC2)n1. The quantitative estimate of drug-likeness (QED) is 0.800. The number of nitriles is 1. The number of hydrogen-bond donors (Lipinski definition) is 2. The number of aliphatic hydroxyl groups is 1. The lowest BCUT2D eigenvalue weighted by Gasteiger charge is -2.11. The van der Waals surface area contributed by atoms with Crippen molar-refractivity contribution in [2.45, 2.75) is 25.9 Å². The van der Waals surface area contributed by atoms with Crippen LogP contribution in [0, 0.1) is 24.2 Å². The number of hydrogen-bond acceptors (Lipinski definition) is 4. The number of nitrogens with zero attached hydrogens (tertiary/aromatic N) is 2. The first kappa shape index (κ1) is 10.9. The second-order valence-electron chi connectivity index (χ2n) is 4.28. The highest BCUT2D eigenvalue weighted by molar-refractivity contribution is 5.44. The van der Waals surface area contributed by atoms with E-state index in [9.17, 15) is 5.11 Å². The van der Waals surface area contributed by atoms with E-state index in [1.165, 1.54) is 0 Å². The molecule has 0 spiro atoms. The van der Waals surface area contributed by atoms with Gasteiger partial charge in [0.15, 0.2) is 0 Å². The minimum absolute atomic E-state index is 0.298. The Labute approximate surface area is 94.9 Å². The topological polar surface area (TPSA) is 68.9 Å². The van der Waals surface area contributed by atoms with E-state index in [4.69, 9.17) is 5.26 Å². The number of pyridine rings is 1. The average molecular weight is 217 g/mol. The summed E-state index contributed by atoms with van der Waals surface area (Å²) in [5.74, 6) is 1.11. The number of aromatic nitrogens is 1. The highest BCUT2D eigenvalue weighted by atomic mass is 16.3. The van der Waals surface area contributed by atoms with Crippen LogP contribution in [-0.2, 0) is 0 Å². The lowest BCUT2D eigenvalue weighted by atomic mass is 10.2. The Morgan fingerprint density at radius 3 is 3.00 bits per heavy atom. The van der Waals surface area contributed by atoms with E-state index >= 15 is 0 Å². The molecule has 84 valence electrons. The van der Waals surface area contributed by atoms with E-state index in [-0.39, 0.29) is 6.10 Å². The number of aryl methyl sites for hydroxylation is 1. The van der Waals surface area contributed by atoms with Crippen LogP contribution >= 0.6 is 0 Å². The Hall–Kier alpha value is -1.60. The molecule has 0 aliphatic heterocycles. The van der Waals surface area contributed by atoms with Crippen molar-refractivity contribution in [2.24, 2.45) is 5.92 Å². The molecule has 16 heavy (non-hydrogen) atoms.